The Morgan fingerprint density at radius 1 is 1.20 bits per heavy atom. The zero-order chi connectivity index (χ0) is 13.8. The Bertz CT molecular complexity index is 560. The Hall–Kier alpha value is -1.67. The second-order valence-corrected chi connectivity index (χ2v) is 5.73. The van der Waals surface area contributed by atoms with Crippen LogP contribution in [0.4, 0.5) is 0 Å². The fourth-order valence-electron chi connectivity index (χ4n) is 3.06. The van der Waals surface area contributed by atoms with Gasteiger partial charge < -0.3 is 5.32 Å². The first-order valence-corrected chi connectivity index (χ1v) is 7.53. The highest BCUT2D eigenvalue weighted by Crippen LogP contribution is 2.30. The summed E-state index contributed by atoms with van der Waals surface area (Å²) < 4.78 is 0. The number of aryl methyl sites for hydroxylation is 2. The van der Waals surface area contributed by atoms with Crippen LogP contribution in [0.2, 0.25) is 0 Å². The molecule has 1 aliphatic rings. The standard InChI is InChI=1S/C18H22N2/c1-14-9-10-15(12-20-14)11-19-13-17-7-4-6-16-5-2-3-8-18(16)17/h2-3,5,8-10,12,17,19H,4,6-7,11,13H2,1H3. The van der Waals surface area contributed by atoms with Crippen LogP contribution < -0.4 is 5.32 Å². The topological polar surface area (TPSA) is 24.9 Å². The van der Waals surface area contributed by atoms with Crippen LogP contribution in [-0.2, 0) is 13.0 Å². The van der Waals surface area contributed by atoms with Crippen molar-refractivity contribution >= 4 is 0 Å². The molecule has 1 aromatic heterocycles. The third-order valence-corrected chi connectivity index (χ3v) is 4.19. The average Bonchev–Trinajstić information content (AvgIpc) is 2.49. The van der Waals surface area contributed by atoms with Gasteiger partial charge in [0.15, 0.2) is 0 Å². The molecule has 1 heterocycles. The van der Waals surface area contributed by atoms with E-state index in [1.165, 1.54) is 24.8 Å². The summed E-state index contributed by atoms with van der Waals surface area (Å²) in [5, 5.41) is 3.59. The lowest BCUT2D eigenvalue weighted by molar-refractivity contribution is 0.507. The van der Waals surface area contributed by atoms with Gasteiger partial charge >= 0.3 is 0 Å². The maximum absolute atomic E-state index is 4.34. The largest absolute Gasteiger partial charge is 0.312 e. The average molecular weight is 266 g/mol. The van der Waals surface area contributed by atoms with Crippen LogP contribution in [0.3, 0.4) is 0 Å². The second-order valence-electron chi connectivity index (χ2n) is 5.73. The predicted octanol–water partition coefficient (Wildman–Crippen LogP) is 3.60. The van der Waals surface area contributed by atoms with Gasteiger partial charge in [0.25, 0.3) is 0 Å². The molecule has 0 radical (unpaired) electrons. The smallest absolute Gasteiger partial charge is 0.0372 e. The summed E-state index contributed by atoms with van der Waals surface area (Å²) in [6.45, 7) is 3.99. The maximum Gasteiger partial charge on any atom is 0.0372 e. The predicted molar refractivity (Wildman–Crippen MR) is 82.8 cm³/mol. The lowest BCUT2D eigenvalue weighted by Gasteiger charge is -2.25. The molecular formula is C18H22N2. The third-order valence-electron chi connectivity index (χ3n) is 4.19. The van der Waals surface area contributed by atoms with Crippen LogP contribution in [0.25, 0.3) is 0 Å². The molecule has 0 saturated carbocycles. The zero-order valence-corrected chi connectivity index (χ0v) is 12.1. The van der Waals surface area contributed by atoms with Gasteiger partial charge in [0.2, 0.25) is 0 Å². The molecule has 1 atom stereocenters. The zero-order valence-electron chi connectivity index (χ0n) is 12.1. The van der Waals surface area contributed by atoms with Crippen molar-refractivity contribution in [2.45, 2.75) is 38.6 Å². The lowest BCUT2D eigenvalue weighted by Crippen LogP contribution is -2.24. The summed E-state index contributed by atoms with van der Waals surface area (Å²) >= 11 is 0. The van der Waals surface area contributed by atoms with Crippen molar-refractivity contribution in [2.24, 2.45) is 0 Å². The molecule has 1 aliphatic carbocycles. The number of hydrogen-bond acceptors (Lipinski definition) is 2. The van der Waals surface area contributed by atoms with Gasteiger partial charge in [-0.2, -0.15) is 0 Å². The Labute approximate surface area is 121 Å². The van der Waals surface area contributed by atoms with E-state index in [0.29, 0.717) is 5.92 Å². The molecule has 0 spiro atoms. The van der Waals surface area contributed by atoms with E-state index in [4.69, 9.17) is 0 Å². The number of aromatic nitrogens is 1. The fourth-order valence-corrected chi connectivity index (χ4v) is 3.06. The molecule has 2 heteroatoms. The maximum atomic E-state index is 4.34. The van der Waals surface area contributed by atoms with Crippen molar-refractivity contribution in [3.05, 3.63) is 65.0 Å². The van der Waals surface area contributed by atoms with Crippen molar-refractivity contribution in [1.29, 1.82) is 0 Å². The summed E-state index contributed by atoms with van der Waals surface area (Å²) in [5.41, 5.74) is 5.44. The summed E-state index contributed by atoms with van der Waals surface area (Å²) in [5.74, 6) is 0.665. The van der Waals surface area contributed by atoms with E-state index in [9.17, 15) is 0 Å². The minimum Gasteiger partial charge on any atom is -0.312 e. The van der Waals surface area contributed by atoms with Crippen molar-refractivity contribution < 1.29 is 0 Å². The summed E-state index contributed by atoms with van der Waals surface area (Å²) in [6, 6.07) is 13.1. The lowest BCUT2D eigenvalue weighted by atomic mass is 9.83. The van der Waals surface area contributed by atoms with Gasteiger partial charge in [-0.3, -0.25) is 4.98 Å². The van der Waals surface area contributed by atoms with E-state index in [0.717, 1.165) is 18.8 Å². The molecule has 1 unspecified atom stereocenters. The molecule has 2 aromatic rings. The highest BCUT2D eigenvalue weighted by Gasteiger charge is 2.18. The SMILES string of the molecule is Cc1ccc(CNCC2CCCc3ccccc32)cn1. The molecule has 0 amide bonds. The number of nitrogens with one attached hydrogen (secondary N) is 1. The quantitative estimate of drug-likeness (QED) is 0.914. The third kappa shape index (κ3) is 3.07. The molecule has 1 N–H and O–H groups in total. The van der Waals surface area contributed by atoms with E-state index < -0.39 is 0 Å². The molecule has 0 bridgehead atoms. The molecule has 3 rings (SSSR count). The summed E-state index contributed by atoms with van der Waals surface area (Å²) in [4.78, 5) is 4.34. The van der Waals surface area contributed by atoms with E-state index >= 15 is 0 Å². The van der Waals surface area contributed by atoms with E-state index in [1.54, 1.807) is 11.1 Å². The summed E-state index contributed by atoms with van der Waals surface area (Å²) in [7, 11) is 0. The van der Waals surface area contributed by atoms with Gasteiger partial charge in [-0.25, -0.2) is 0 Å². The molecule has 0 saturated heterocycles. The number of benzene rings is 1. The van der Waals surface area contributed by atoms with Gasteiger partial charge in [0.05, 0.1) is 0 Å². The molecular weight excluding hydrogens is 244 g/mol. The van der Waals surface area contributed by atoms with Crippen LogP contribution in [0.15, 0.2) is 42.6 Å². The second kappa shape index (κ2) is 6.19. The van der Waals surface area contributed by atoms with Gasteiger partial charge in [0.1, 0.15) is 0 Å². The van der Waals surface area contributed by atoms with Crippen LogP contribution in [0, 0.1) is 6.92 Å². The van der Waals surface area contributed by atoms with E-state index in [2.05, 4.69) is 46.7 Å². The van der Waals surface area contributed by atoms with Crippen molar-refractivity contribution in [3.8, 4) is 0 Å². The van der Waals surface area contributed by atoms with Gasteiger partial charge in [-0.1, -0.05) is 30.3 Å². The number of fused-ring (bicyclic) bond motifs is 1. The number of pyridine rings is 1. The molecule has 0 aliphatic heterocycles. The van der Waals surface area contributed by atoms with E-state index in [1.807, 2.05) is 13.1 Å². The Balaban J connectivity index is 1.58. The number of rotatable bonds is 4. The normalized spacial score (nSPS) is 17.8. The monoisotopic (exact) mass is 266 g/mol. The number of hydrogen-bond donors (Lipinski definition) is 1. The molecule has 1 aromatic carbocycles. The van der Waals surface area contributed by atoms with Crippen molar-refractivity contribution in [1.82, 2.24) is 10.3 Å². The highest BCUT2D eigenvalue weighted by molar-refractivity contribution is 5.32. The van der Waals surface area contributed by atoms with E-state index in [-0.39, 0.29) is 0 Å². The van der Waals surface area contributed by atoms with Crippen molar-refractivity contribution in [2.75, 3.05) is 6.54 Å². The van der Waals surface area contributed by atoms with Crippen LogP contribution in [0.5, 0.6) is 0 Å². The first-order valence-electron chi connectivity index (χ1n) is 7.53. The molecule has 104 valence electrons. The number of nitrogens with zero attached hydrogens (tertiary/aromatic N) is 1. The first kappa shape index (κ1) is 13.3. The first-order chi connectivity index (χ1) is 9.83. The molecule has 2 nitrogen and oxygen atoms in total. The van der Waals surface area contributed by atoms with Crippen LogP contribution in [0.1, 0.15) is 41.1 Å². The van der Waals surface area contributed by atoms with Crippen LogP contribution >= 0.6 is 0 Å². The van der Waals surface area contributed by atoms with Gasteiger partial charge in [-0.15, -0.1) is 0 Å². The van der Waals surface area contributed by atoms with Gasteiger partial charge in [-0.05, 0) is 54.9 Å². The Kier molecular flexibility index (Phi) is 4.12. The van der Waals surface area contributed by atoms with Crippen LogP contribution in [-0.4, -0.2) is 11.5 Å². The molecule has 0 fully saturated rings. The minimum atomic E-state index is 0.665. The fraction of sp³-hybridized carbons (Fsp3) is 0.389. The minimum absolute atomic E-state index is 0.665. The Morgan fingerprint density at radius 2 is 2.10 bits per heavy atom. The summed E-state index contributed by atoms with van der Waals surface area (Å²) in [6.07, 6.45) is 5.83. The molecule has 20 heavy (non-hydrogen) atoms. The van der Waals surface area contributed by atoms with Gasteiger partial charge in [0, 0.05) is 25.0 Å². The Morgan fingerprint density at radius 3 is 2.95 bits per heavy atom. The van der Waals surface area contributed by atoms with Crippen molar-refractivity contribution in [3.63, 3.8) is 0 Å². The highest BCUT2D eigenvalue weighted by atomic mass is 14.9.